The average molecular weight is 316 g/mol. The fourth-order valence-electron chi connectivity index (χ4n) is 1.61. The second-order valence-corrected chi connectivity index (χ2v) is 6.91. The molecule has 0 saturated heterocycles. The van der Waals surface area contributed by atoms with Crippen LogP contribution in [0.3, 0.4) is 0 Å². The van der Waals surface area contributed by atoms with Crippen LogP contribution in [0.4, 0.5) is 0 Å². The molecule has 1 aliphatic rings. The van der Waals surface area contributed by atoms with Gasteiger partial charge in [-0.05, 0) is 47.3 Å². The van der Waals surface area contributed by atoms with Gasteiger partial charge in [0, 0.05) is 17.5 Å². The van der Waals surface area contributed by atoms with Gasteiger partial charge >= 0.3 is 0 Å². The lowest BCUT2D eigenvalue weighted by Gasteiger charge is -2.10. The Bertz CT molecular complexity index is 402. The summed E-state index contributed by atoms with van der Waals surface area (Å²) in [5, 5.41) is 6.73. The Balaban J connectivity index is 1.90. The van der Waals surface area contributed by atoms with Gasteiger partial charge in [-0.2, -0.15) is 0 Å². The van der Waals surface area contributed by atoms with E-state index in [1.54, 1.807) is 11.3 Å². The topological polar surface area (TPSA) is 36.4 Å². The third-order valence-electron chi connectivity index (χ3n) is 2.80. The van der Waals surface area contributed by atoms with Gasteiger partial charge in [-0.15, -0.1) is 11.3 Å². The van der Waals surface area contributed by atoms with Crippen molar-refractivity contribution in [1.29, 1.82) is 0 Å². The Morgan fingerprint density at radius 3 is 2.88 bits per heavy atom. The van der Waals surface area contributed by atoms with E-state index in [4.69, 9.17) is 0 Å². The van der Waals surface area contributed by atoms with Crippen molar-refractivity contribution in [1.82, 2.24) is 10.6 Å². The zero-order valence-electron chi connectivity index (χ0n) is 10.2. The fourth-order valence-corrected chi connectivity index (χ4v) is 3.02. The Kier molecular flexibility index (Phi) is 4.45. The molecule has 0 radical (unpaired) electrons. The van der Waals surface area contributed by atoms with Gasteiger partial charge in [-0.1, -0.05) is 6.92 Å². The average Bonchev–Trinajstić information content (AvgIpc) is 2.81. The van der Waals surface area contributed by atoms with Crippen LogP contribution >= 0.6 is 27.3 Å². The molecule has 2 N–H and O–H groups in total. The van der Waals surface area contributed by atoms with Crippen molar-refractivity contribution in [2.75, 3.05) is 6.54 Å². The van der Waals surface area contributed by atoms with Crippen LogP contribution in [0.25, 0.3) is 0 Å². The number of rotatable bonds is 4. The first-order valence-corrected chi connectivity index (χ1v) is 7.59. The molecule has 5 heteroatoms. The molecule has 0 amide bonds. The molecule has 1 fully saturated rings. The van der Waals surface area contributed by atoms with Gasteiger partial charge in [-0.3, -0.25) is 0 Å². The minimum absolute atomic E-state index is 0.614. The highest BCUT2D eigenvalue weighted by molar-refractivity contribution is 9.11. The lowest BCUT2D eigenvalue weighted by Crippen LogP contribution is -2.39. The SMILES string of the molecule is CCNC(=NCc1ccc(Br)s1)NC1CC1C. The molecule has 3 nitrogen and oxygen atoms in total. The monoisotopic (exact) mass is 315 g/mol. The highest BCUT2D eigenvalue weighted by atomic mass is 79.9. The van der Waals surface area contributed by atoms with Gasteiger partial charge in [0.15, 0.2) is 5.96 Å². The van der Waals surface area contributed by atoms with Gasteiger partial charge in [0.2, 0.25) is 0 Å². The van der Waals surface area contributed by atoms with Crippen molar-refractivity contribution in [2.45, 2.75) is 32.9 Å². The predicted molar refractivity (Wildman–Crippen MR) is 77.5 cm³/mol. The largest absolute Gasteiger partial charge is 0.357 e. The molecule has 0 aliphatic heterocycles. The summed E-state index contributed by atoms with van der Waals surface area (Å²) in [5.74, 6) is 1.72. The van der Waals surface area contributed by atoms with Crippen LogP contribution in [-0.2, 0) is 6.54 Å². The molecular weight excluding hydrogens is 298 g/mol. The maximum absolute atomic E-state index is 4.60. The number of hydrogen-bond donors (Lipinski definition) is 2. The Morgan fingerprint density at radius 2 is 2.35 bits per heavy atom. The second-order valence-electron chi connectivity index (χ2n) is 4.36. The van der Waals surface area contributed by atoms with Crippen LogP contribution in [0.5, 0.6) is 0 Å². The summed E-state index contributed by atoms with van der Waals surface area (Å²) in [4.78, 5) is 5.87. The summed E-state index contributed by atoms with van der Waals surface area (Å²) in [6.07, 6.45) is 1.26. The quantitative estimate of drug-likeness (QED) is 0.662. The summed E-state index contributed by atoms with van der Waals surface area (Å²) in [6, 6.07) is 4.79. The summed E-state index contributed by atoms with van der Waals surface area (Å²) < 4.78 is 1.16. The minimum atomic E-state index is 0.614. The number of guanidine groups is 1. The smallest absolute Gasteiger partial charge is 0.191 e. The number of thiophene rings is 1. The third kappa shape index (κ3) is 4.00. The van der Waals surface area contributed by atoms with Gasteiger partial charge in [-0.25, -0.2) is 4.99 Å². The number of hydrogen-bond acceptors (Lipinski definition) is 2. The van der Waals surface area contributed by atoms with E-state index in [2.05, 4.69) is 57.5 Å². The first-order chi connectivity index (χ1) is 8.19. The minimum Gasteiger partial charge on any atom is -0.357 e. The molecule has 1 aromatic rings. The highest BCUT2D eigenvalue weighted by Gasteiger charge is 2.33. The molecule has 0 bridgehead atoms. The van der Waals surface area contributed by atoms with Crippen LogP contribution < -0.4 is 10.6 Å². The normalized spacial score (nSPS) is 23.6. The summed E-state index contributed by atoms with van der Waals surface area (Å²) in [5.41, 5.74) is 0. The highest BCUT2D eigenvalue weighted by Crippen LogP contribution is 2.28. The molecule has 2 unspecified atom stereocenters. The van der Waals surface area contributed by atoms with Gasteiger partial charge < -0.3 is 10.6 Å². The molecule has 2 atom stereocenters. The predicted octanol–water partition coefficient (Wildman–Crippen LogP) is 2.97. The standard InChI is InChI=1S/C12H18BrN3S/c1-3-14-12(16-10-6-8(10)2)15-7-9-4-5-11(13)17-9/h4-5,8,10H,3,6-7H2,1-2H3,(H2,14,15,16). The molecule has 1 aromatic heterocycles. The second kappa shape index (κ2) is 5.87. The van der Waals surface area contributed by atoms with Crippen LogP contribution in [0.1, 0.15) is 25.1 Å². The van der Waals surface area contributed by atoms with E-state index >= 15 is 0 Å². The molecule has 2 rings (SSSR count). The molecule has 94 valence electrons. The van der Waals surface area contributed by atoms with Crippen LogP contribution in [-0.4, -0.2) is 18.5 Å². The zero-order valence-corrected chi connectivity index (χ0v) is 12.6. The van der Waals surface area contributed by atoms with E-state index < -0.39 is 0 Å². The summed E-state index contributed by atoms with van der Waals surface area (Å²) in [7, 11) is 0. The fraction of sp³-hybridized carbons (Fsp3) is 0.583. The molecule has 1 aliphatic carbocycles. The molecule has 0 spiro atoms. The van der Waals surface area contributed by atoms with E-state index in [0.717, 1.165) is 28.8 Å². The van der Waals surface area contributed by atoms with E-state index in [9.17, 15) is 0 Å². The van der Waals surface area contributed by atoms with Crippen molar-refractivity contribution in [2.24, 2.45) is 10.9 Å². The molecule has 1 heterocycles. The first-order valence-electron chi connectivity index (χ1n) is 5.98. The van der Waals surface area contributed by atoms with Crippen LogP contribution in [0.2, 0.25) is 0 Å². The van der Waals surface area contributed by atoms with Gasteiger partial charge in [0.1, 0.15) is 0 Å². The Morgan fingerprint density at radius 1 is 1.59 bits per heavy atom. The van der Waals surface area contributed by atoms with Crippen LogP contribution in [0.15, 0.2) is 20.9 Å². The Hall–Kier alpha value is -0.550. The number of halogens is 1. The Labute approximate surface area is 115 Å². The van der Waals surface area contributed by atoms with Crippen molar-refractivity contribution in [3.05, 3.63) is 20.8 Å². The lowest BCUT2D eigenvalue weighted by molar-refractivity contribution is 0.767. The summed E-state index contributed by atoms with van der Waals surface area (Å²) in [6.45, 7) is 6.00. The third-order valence-corrected chi connectivity index (χ3v) is 4.41. The van der Waals surface area contributed by atoms with Crippen molar-refractivity contribution < 1.29 is 0 Å². The van der Waals surface area contributed by atoms with Crippen molar-refractivity contribution in [3.8, 4) is 0 Å². The molecule has 17 heavy (non-hydrogen) atoms. The summed E-state index contributed by atoms with van der Waals surface area (Å²) >= 11 is 5.20. The zero-order chi connectivity index (χ0) is 12.3. The van der Waals surface area contributed by atoms with E-state index in [0.29, 0.717) is 6.04 Å². The maximum atomic E-state index is 4.60. The number of nitrogens with zero attached hydrogens (tertiary/aromatic N) is 1. The van der Waals surface area contributed by atoms with Gasteiger partial charge in [0.25, 0.3) is 0 Å². The first kappa shape index (κ1) is 12.9. The lowest BCUT2D eigenvalue weighted by atomic mass is 10.4. The molecule has 1 saturated carbocycles. The number of nitrogens with one attached hydrogen (secondary N) is 2. The van der Waals surface area contributed by atoms with E-state index in [-0.39, 0.29) is 0 Å². The van der Waals surface area contributed by atoms with E-state index in [1.165, 1.54) is 11.3 Å². The van der Waals surface area contributed by atoms with E-state index in [1.807, 2.05) is 0 Å². The van der Waals surface area contributed by atoms with Crippen LogP contribution in [0, 0.1) is 5.92 Å². The maximum Gasteiger partial charge on any atom is 0.191 e. The van der Waals surface area contributed by atoms with Gasteiger partial charge in [0.05, 0.1) is 10.3 Å². The number of aliphatic imine (C=N–C) groups is 1. The van der Waals surface area contributed by atoms with Crippen molar-refractivity contribution in [3.63, 3.8) is 0 Å². The van der Waals surface area contributed by atoms with Crippen molar-refractivity contribution >= 4 is 33.2 Å². The molecular formula is C12H18BrN3S. The molecule has 0 aromatic carbocycles.